The van der Waals surface area contributed by atoms with E-state index in [9.17, 15) is 0 Å². The summed E-state index contributed by atoms with van der Waals surface area (Å²) in [4.78, 5) is 0. The maximum atomic E-state index is 5.90. The van der Waals surface area contributed by atoms with Crippen molar-refractivity contribution >= 4 is 38.2 Å². The van der Waals surface area contributed by atoms with Crippen molar-refractivity contribution in [3.8, 4) is 0 Å². The first-order chi connectivity index (χ1) is 12.5. The zero-order chi connectivity index (χ0) is 20.5. The van der Waals surface area contributed by atoms with E-state index in [2.05, 4.69) is 6.58 Å². The molecule has 10 heteroatoms. The van der Waals surface area contributed by atoms with Crippen LogP contribution in [-0.2, 0) is 26.6 Å². The lowest BCUT2D eigenvalue weighted by atomic mass is 10.4. The van der Waals surface area contributed by atoms with Crippen molar-refractivity contribution in [3.05, 3.63) is 12.2 Å². The van der Waals surface area contributed by atoms with Crippen molar-refractivity contribution in [2.45, 2.75) is 53.6 Å². The van der Waals surface area contributed by atoms with Gasteiger partial charge in [0.1, 0.15) is 9.55 Å². The number of hydrogen-bond donors (Lipinski definition) is 0. The van der Waals surface area contributed by atoms with Gasteiger partial charge in [-0.15, -0.1) is 0 Å². The Bertz CT molecular complexity index is 286. The lowest BCUT2D eigenvalue weighted by Gasteiger charge is -2.32. The summed E-state index contributed by atoms with van der Waals surface area (Å²) in [7, 11) is -4.76. The van der Waals surface area contributed by atoms with E-state index in [4.69, 9.17) is 37.6 Å². The summed E-state index contributed by atoms with van der Waals surface area (Å²) >= 11 is 4.78. The van der Waals surface area contributed by atoms with E-state index >= 15 is 0 Å². The molecular formula is C16H39ClO6Si3. The van der Waals surface area contributed by atoms with Crippen molar-refractivity contribution in [3.63, 3.8) is 0 Å². The highest BCUT2D eigenvalue weighted by atomic mass is 35.6. The Balaban J connectivity index is 0. The van der Waals surface area contributed by atoms with Gasteiger partial charge < -0.3 is 26.6 Å². The second kappa shape index (κ2) is 17.5. The summed E-state index contributed by atoms with van der Waals surface area (Å²) in [6.07, 6.45) is 0. The fraction of sp³-hybridized carbons (Fsp3) is 0.875. The molecule has 6 nitrogen and oxygen atoms in total. The molecule has 0 spiro atoms. The fourth-order valence-corrected chi connectivity index (χ4v) is 8.03. The molecule has 0 saturated carbocycles. The highest BCUT2D eigenvalue weighted by molar-refractivity contribution is 6.80. The predicted molar refractivity (Wildman–Crippen MR) is 116 cm³/mol. The van der Waals surface area contributed by atoms with Crippen molar-refractivity contribution in [1.82, 2.24) is 0 Å². The van der Waals surface area contributed by atoms with Gasteiger partial charge in [0.05, 0.1) is 0 Å². The lowest BCUT2D eigenvalue weighted by molar-refractivity contribution is 0.0699. The first kappa shape index (κ1) is 28.6. The molecule has 0 radical (unpaired) electrons. The Morgan fingerprint density at radius 2 is 0.808 bits per heavy atom. The molecule has 0 aromatic heterocycles. The average molecular weight is 447 g/mol. The van der Waals surface area contributed by atoms with E-state index in [1.165, 1.54) is 0 Å². The monoisotopic (exact) mass is 446 g/mol. The Morgan fingerprint density at radius 1 is 0.615 bits per heavy atom. The number of halogens is 1. The molecule has 0 aliphatic carbocycles. The van der Waals surface area contributed by atoms with E-state index in [1.807, 2.05) is 41.5 Å². The molecule has 0 rings (SSSR count). The third-order valence-corrected chi connectivity index (χ3v) is 9.36. The van der Waals surface area contributed by atoms with Crippen LogP contribution in [0, 0.1) is 0 Å². The van der Waals surface area contributed by atoms with Gasteiger partial charge in [0.15, 0.2) is 0 Å². The molecule has 0 bridgehead atoms. The highest BCUT2D eigenvalue weighted by Crippen LogP contribution is 2.28. The molecule has 158 valence electrons. The molecule has 0 aromatic rings. The van der Waals surface area contributed by atoms with Crippen LogP contribution in [0.2, 0.25) is 12.1 Å². The van der Waals surface area contributed by atoms with Gasteiger partial charge in [-0.05, 0) is 41.5 Å². The summed E-state index contributed by atoms with van der Waals surface area (Å²) in [5.74, 6) is 0. The van der Waals surface area contributed by atoms with E-state index in [1.54, 1.807) is 0 Å². The Morgan fingerprint density at radius 3 is 0.962 bits per heavy atom. The van der Waals surface area contributed by atoms with Crippen molar-refractivity contribution in [1.29, 1.82) is 0 Å². The molecule has 0 saturated heterocycles. The van der Waals surface area contributed by atoms with Gasteiger partial charge in [-0.3, -0.25) is 0 Å². The predicted octanol–water partition coefficient (Wildman–Crippen LogP) is 3.15. The highest BCUT2D eigenvalue weighted by Gasteiger charge is 2.46. The maximum Gasteiger partial charge on any atom is 0.505 e. The SMILES string of the molecule is C=C(C[Si](OCC)(OCC)OCC)C[Si](OCC)(OCC)OCC.[SiH3]Cl. The molecule has 0 amide bonds. The Labute approximate surface area is 170 Å². The number of hydrogen-bond acceptors (Lipinski definition) is 6. The number of rotatable bonds is 16. The van der Waals surface area contributed by atoms with Gasteiger partial charge in [-0.1, -0.05) is 12.2 Å². The van der Waals surface area contributed by atoms with Gasteiger partial charge in [0, 0.05) is 51.7 Å². The molecule has 0 N–H and O–H groups in total. The molecule has 0 unspecified atom stereocenters. The zero-order valence-electron chi connectivity index (χ0n) is 17.7. The summed E-state index contributed by atoms with van der Waals surface area (Å²) in [5.41, 5.74) is 0.930. The van der Waals surface area contributed by atoms with Gasteiger partial charge in [0.25, 0.3) is 0 Å². The van der Waals surface area contributed by atoms with Crippen LogP contribution in [0.3, 0.4) is 0 Å². The van der Waals surface area contributed by atoms with Crippen LogP contribution in [0.5, 0.6) is 0 Å². The van der Waals surface area contributed by atoms with Crippen LogP contribution >= 0.6 is 11.1 Å². The van der Waals surface area contributed by atoms with Crippen LogP contribution in [0.1, 0.15) is 41.5 Å². The number of allylic oxidation sites excluding steroid dienone is 1. The van der Waals surface area contributed by atoms with Crippen molar-refractivity contribution < 1.29 is 26.6 Å². The standard InChI is InChI=1S/C16H36O6Si2.ClH3Si/c1-8-17-23(18-9-2,19-10-3)14-16(7)15-24(20-11-4,21-12-5)22-13-6;1-2/h7-15H2,1-6H3;2H3. The molecule has 0 fully saturated rings. The van der Waals surface area contributed by atoms with Crippen molar-refractivity contribution in [2.75, 3.05) is 39.6 Å². The summed E-state index contributed by atoms with van der Waals surface area (Å²) < 4.78 is 35.4. The molecule has 26 heavy (non-hydrogen) atoms. The lowest BCUT2D eigenvalue weighted by Crippen LogP contribution is -2.49. The topological polar surface area (TPSA) is 55.4 Å². The maximum absolute atomic E-state index is 5.90. The van der Waals surface area contributed by atoms with Crippen LogP contribution in [0.25, 0.3) is 0 Å². The summed E-state index contributed by atoms with van der Waals surface area (Å²) in [5, 5.41) is 0. The van der Waals surface area contributed by atoms with Crippen LogP contribution in [-0.4, -0.2) is 66.8 Å². The van der Waals surface area contributed by atoms with Crippen molar-refractivity contribution in [2.24, 2.45) is 0 Å². The van der Waals surface area contributed by atoms with E-state index in [-0.39, 0.29) is 0 Å². The van der Waals surface area contributed by atoms with Gasteiger partial charge in [-0.2, -0.15) is 11.1 Å². The van der Waals surface area contributed by atoms with E-state index in [0.717, 1.165) is 15.1 Å². The average Bonchev–Trinajstić information content (AvgIpc) is 2.58. The van der Waals surface area contributed by atoms with E-state index in [0.29, 0.717) is 51.7 Å². The van der Waals surface area contributed by atoms with E-state index < -0.39 is 17.6 Å². The van der Waals surface area contributed by atoms with Gasteiger partial charge >= 0.3 is 17.6 Å². The van der Waals surface area contributed by atoms with Crippen LogP contribution in [0.4, 0.5) is 0 Å². The molecule has 0 aliphatic rings. The summed E-state index contributed by atoms with van der Waals surface area (Å²) in [6, 6.07) is 1.09. The Kier molecular flexibility index (Phi) is 19.3. The zero-order valence-corrected chi connectivity index (χ0v) is 22.4. The molecular weight excluding hydrogens is 408 g/mol. The third-order valence-electron chi connectivity index (χ3n) is 3.12. The minimum atomic E-state index is -2.77. The third kappa shape index (κ3) is 11.3. The first-order valence-electron chi connectivity index (χ1n) is 9.35. The minimum absolute atomic E-state index is 0.546. The second-order valence-corrected chi connectivity index (χ2v) is 10.2. The molecule has 0 atom stereocenters. The molecule has 0 aliphatic heterocycles. The normalized spacial score (nSPS) is 12.0. The second-order valence-electron chi connectivity index (χ2n) is 5.07. The van der Waals surface area contributed by atoms with Crippen LogP contribution < -0.4 is 0 Å². The summed E-state index contributed by atoms with van der Waals surface area (Å²) in [6.45, 7) is 19.2. The Hall–Kier alpha value is 0.441. The first-order valence-corrected chi connectivity index (χ1v) is 16.2. The van der Waals surface area contributed by atoms with Gasteiger partial charge in [0.2, 0.25) is 0 Å². The minimum Gasteiger partial charge on any atom is -0.374 e. The fourth-order valence-electron chi connectivity index (χ4n) is 2.55. The van der Waals surface area contributed by atoms with Crippen LogP contribution in [0.15, 0.2) is 12.2 Å². The quantitative estimate of drug-likeness (QED) is 0.206. The largest absolute Gasteiger partial charge is 0.505 e. The van der Waals surface area contributed by atoms with Gasteiger partial charge in [-0.25, -0.2) is 0 Å². The molecule has 0 aromatic carbocycles. The smallest absolute Gasteiger partial charge is 0.374 e. The molecule has 0 heterocycles.